The van der Waals surface area contributed by atoms with Gasteiger partial charge in [-0.2, -0.15) is 16.1 Å². The molecule has 1 N–H and O–H groups in total. The fraction of sp³-hybridized carbons (Fsp3) is 0.421. The van der Waals surface area contributed by atoms with E-state index in [-0.39, 0.29) is 16.5 Å². The van der Waals surface area contributed by atoms with Crippen molar-refractivity contribution in [2.45, 2.75) is 11.4 Å². The second kappa shape index (κ2) is 9.10. The summed E-state index contributed by atoms with van der Waals surface area (Å²) in [6, 6.07) is 6.79. The number of aromatic nitrogens is 1. The molecule has 1 fully saturated rings. The molecule has 1 aromatic carbocycles. The van der Waals surface area contributed by atoms with Gasteiger partial charge >= 0.3 is 0 Å². The molecule has 0 atom stereocenters. The quantitative estimate of drug-likeness (QED) is 0.710. The summed E-state index contributed by atoms with van der Waals surface area (Å²) in [4.78, 5) is 17.2. The van der Waals surface area contributed by atoms with E-state index in [9.17, 15) is 13.2 Å². The number of H-pyrrole nitrogens is 1. The maximum atomic E-state index is 12.8. The minimum Gasteiger partial charge on any atom is -0.497 e. The fourth-order valence-corrected chi connectivity index (χ4v) is 5.67. The van der Waals surface area contributed by atoms with Gasteiger partial charge in [0.25, 0.3) is 5.91 Å². The third-order valence-corrected chi connectivity index (χ3v) is 7.56. The van der Waals surface area contributed by atoms with Gasteiger partial charge in [-0.25, -0.2) is 8.42 Å². The maximum Gasteiger partial charge on any atom is 0.270 e. The third-order valence-electron chi connectivity index (χ3n) is 4.74. The van der Waals surface area contributed by atoms with E-state index in [4.69, 9.17) is 9.47 Å². The summed E-state index contributed by atoms with van der Waals surface area (Å²) in [6.45, 7) is 1.27. The SMILES string of the molecule is COc1ccc(CN(C)C(=O)c2cc(S(=O)(=O)N3CCSCC3)c[nH]2)c(OC)c1. The molecule has 0 saturated carbocycles. The zero-order valence-corrected chi connectivity index (χ0v) is 18.3. The summed E-state index contributed by atoms with van der Waals surface area (Å²) in [7, 11) is 1.19. The van der Waals surface area contributed by atoms with Crippen molar-refractivity contribution in [2.75, 3.05) is 45.9 Å². The molecule has 1 amide bonds. The molecular formula is C19H25N3O5S2. The highest BCUT2D eigenvalue weighted by Gasteiger charge is 2.28. The lowest BCUT2D eigenvalue weighted by Crippen LogP contribution is -2.37. The number of thioether (sulfide) groups is 1. The molecule has 1 aliphatic heterocycles. The van der Waals surface area contributed by atoms with E-state index >= 15 is 0 Å². The molecule has 0 unspecified atom stereocenters. The van der Waals surface area contributed by atoms with Crippen molar-refractivity contribution in [3.8, 4) is 11.5 Å². The number of ether oxygens (including phenoxy) is 2. The fourth-order valence-electron chi connectivity index (χ4n) is 3.10. The van der Waals surface area contributed by atoms with Gasteiger partial charge in [0.2, 0.25) is 10.0 Å². The maximum absolute atomic E-state index is 12.8. The Morgan fingerprint density at radius 1 is 1.21 bits per heavy atom. The van der Waals surface area contributed by atoms with Crippen molar-refractivity contribution >= 4 is 27.7 Å². The zero-order valence-electron chi connectivity index (χ0n) is 16.7. The summed E-state index contributed by atoms with van der Waals surface area (Å²) in [5.74, 6) is 2.53. The van der Waals surface area contributed by atoms with E-state index in [1.807, 2.05) is 6.07 Å². The molecule has 158 valence electrons. The van der Waals surface area contributed by atoms with Crippen LogP contribution >= 0.6 is 11.8 Å². The number of hydrogen-bond acceptors (Lipinski definition) is 6. The van der Waals surface area contributed by atoms with Gasteiger partial charge in [0, 0.05) is 56.0 Å². The Kier molecular flexibility index (Phi) is 6.76. The second-order valence-corrected chi connectivity index (χ2v) is 9.77. The van der Waals surface area contributed by atoms with Crippen molar-refractivity contribution in [1.29, 1.82) is 0 Å². The van der Waals surface area contributed by atoms with Crippen LogP contribution in [0.4, 0.5) is 0 Å². The summed E-state index contributed by atoms with van der Waals surface area (Å²) < 4.78 is 37.6. The first-order valence-electron chi connectivity index (χ1n) is 9.09. The van der Waals surface area contributed by atoms with E-state index in [1.165, 1.54) is 21.5 Å². The van der Waals surface area contributed by atoms with Gasteiger partial charge in [0.1, 0.15) is 22.1 Å². The number of carbonyl (C=O) groups is 1. The van der Waals surface area contributed by atoms with Crippen molar-refractivity contribution in [3.05, 3.63) is 41.7 Å². The lowest BCUT2D eigenvalue weighted by molar-refractivity contribution is 0.0779. The van der Waals surface area contributed by atoms with Gasteiger partial charge in [-0.05, 0) is 18.2 Å². The number of nitrogens with zero attached hydrogens (tertiary/aromatic N) is 2. The molecule has 0 radical (unpaired) electrons. The Bertz CT molecular complexity index is 968. The van der Waals surface area contributed by atoms with Crippen LogP contribution in [0.2, 0.25) is 0 Å². The van der Waals surface area contributed by atoms with Gasteiger partial charge in [-0.1, -0.05) is 0 Å². The number of nitrogens with one attached hydrogen (secondary N) is 1. The van der Waals surface area contributed by atoms with Crippen molar-refractivity contribution in [2.24, 2.45) is 0 Å². The van der Waals surface area contributed by atoms with Crippen LogP contribution in [0.3, 0.4) is 0 Å². The van der Waals surface area contributed by atoms with Crippen LogP contribution in [0, 0.1) is 0 Å². The van der Waals surface area contributed by atoms with Crippen LogP contribution in [-0.4, -0.2) is 74.4 Å². The number of hydrogen-bond donors (Lipinski definition) is 1. The number of amides is 1. The van der Waals surface area contributed by atoms with Crippen LogP contribution in [-0.2, 0) is 16.6 Å². The molecule has 3 rings (SSSR count). The first-order chi connectivity index (χ1) is 13.9. The number of sulfonamides is 1. The molecule has 1 saturated heterocycles. The molecule has 0 aliphatic carbocycles. The average Bonchev–Trinajstić information content (AvgIpc) is 3.25. The lowest BCUT2D eigenvalue weighted by Gasteiger charge is -2.24. The minimum atomic E-state index is -3.59. The predicted octanol–water partition coefficient (Wildman–Crippen LogP) is 2.04. The second-order valence-electron chi connectivity index (χ2n) is 6.60. The number of benzene rings is 1. The van der Waals surface area contributed by atoms with Crippen molar-refractivity contribution < 1.29 is 22.7 Å². The highest BCUT2D eigenvalue weighted by Crippen LogP contribution is 2.26. The molecule has 29 heavy (non-hydrogen) atoms. The van der Waals surface area contributed by atoms with E-state index in [0.717, 1.165) is 17.1 Å². The van der Waals surface area contributed by atoms with Crippen LogP contribution in [0.15, 0.2) is 35.4 Å². The summed E-state index contributed by atoms with van der Waals surface area (Å²) in [5.41, 5.74) is 1.04. The van der Waals surface area contributed by atoms with Gasteiger partial charge in [0.05, 0.1) is 14.2 Å². The minimum absolute atomic E-state index is 0.114. The van der Waals surface area contributed by atoms with Gasteiger partial charge in [0.15, 0.2) is 0 Å². The molecule has 8 nitrogen and oxygen atoms in total. The predicted molar refractivity (Wildman–Crippen MR) is 112 cm³/mol. The van der Waals surface area contributed by atoms with Crippen LogP contribution in [0.5, 0.6) is 11.5 Å². The van der Waals surface area contributed by atoms with E-state index in [2.05, 4.69) is 4.98 Å². The Labute approximate surface area is 175 Å². The van der Waals surface area contributed by atoms with Crippen LogP contribution < -0.4 is 9.47 Å². The lowest BCUT2D eigenvalue weighted by atomic mass is 10.1. The Morgan fingerprint density at radius 3 is 2.59 bits per heavy atom. The molecule has 10 heteroatoms. The Hall–Kier alpha value is -2.17. The molecule has 0 bridgehead atoms. The summed E-state index contributed by atoms with van der Waals surface area (Å²) in [5, 5.41) is 0. The normalized spacial score (nSPS) is 15.1. The largest absolute Gasteiger partial charge is 0.497 e. The standard InChI is InChI=1S/C19H25N3O5S2/c1-21(13-14-4-5-15(26-2)10-18(14)27-3)19(23)17-11-16(12-20-17)29(24,25)22-6-8-28-9-7-22/h4-5,10-12,20H,6-9,13H2,1-3H3. The Balaban J connectivity index is 1.74. The topological polar surface area (TPSA) is 91.9 Å². The van der Waals surface area contributed by atoms with Gasteiger partial charge in [-0.3, -0.25) is 4.79 Å². The molecule has 1 aromatic heterocycles. The van der Waals surface area contributed by atoms with E-state index in [1.54, 1.807) is 45.2 Å². The highest BCUT2D eigenvalue weighted by molar-refractivity contribution is 7.99. The van der Waals surface area contributed by atoms with Crippen LogP contribution in [0.1, 0.15) is 16.1 Å². The van der Waals surface area contributed by atoms with Crippen LogP contribution in [0.25, 0.3) is 0 Å². The van der Waals surface area contributed by atoms with Crippen molar-refractivity contribution in [3.63, 3.8) is 0 Å². The van der Waals surface area contributed by atoms with Gasteiger partial charge in [-0.15, -0.1) is 0 Å². The summed E-state index contributed by atoms with van der Waals surface area (Å²) in [6.07, 6.45) is 1.38. The first kappa shape index (κ1) is 21.5. The molecule has 1 aliphatic rings. The molecule has 2 aromatic rings. The van der Waals surface area contributed by atoms with Gasteiger partial charge < -0.3 is 19.4 Å². The monoisotopic (exact) mass is 439 g/mol. The molecule has 2 heterocycles. The third kappa shape index (κ3) is 4.71. The number of aromatic amines is 1. The number of rotatable bonds is 7. The molecular weight excluding hydrogens is 414 g/mol. The average molecular weight is 440 g/mol. The van der Waals surface area contributed by atoms with E-state index < -0.39 is 10.0 Å². The number of methoxy groups -OCH3 is 2. The summed E-state index contributed by atoms with van der Waals surface area (Å²) >= 11 is 1.74. The molecule has 0 spiro atoms. The Morgan fingerprint density at radius 2 is 1.93 bits per heavy atom. The van der Waals surface area contributed by atoms with E-state index in [0.29, 0.717) is 31.1 Å². The zero-order chi connectivity index (χ0) is 21.0. The number of carbonyl (C=O) groups excluding carboxylic acids is 1. The smallest absolute Gasteiger partial charge is 0.270 e. The highest BCUT2D eigenvalue weighted by atomic mass is 32.2. The van der Waals surface area contributed by atoms with Crippen molar-refractivity contribution in [1.82, 2.24) is 14.2 Å². The first-order valence-corrected chi connectivity index (χ1v) is 11.7.